The van der Waals surface area contributed by atoms with Crippen molar-refractivity contribution >= 4 is 17.5 Å². The van der Waals surface area contributed by atoms with Crippen LogP contribution in [0.15, 0.2) is 23.1 Å². The summed E-state index contributed by atoms with van der Waals surface area (Å²) in [6.45, 7) is 2.08. The van der Waals surface area contributed by atoms with E-state index in [1.165, 1.54) is 4.90 Å². The summed E-state index contributed by atoms with van der Waals surface area (Å²) in [6.07, 6.45) is 2.02. The summed E-state index contributed by atoms with van der Waals surface area (Å²) in [5.41, 5.74) is 7.11. The fourth-order valence-electron chi connectivity index (χ4n) is 1.17. The molecule has 1 aromatic rings. The molecule has 1 rings (SSSR count). The van der Waals surface area contributed by atoms with Gasteiger partial charge >= 0.3 is 0 Å². The van der Waals surface area contributed by atoms with Crippen LogP contribution in [0.4, 0.5) is 0 Å². The average Bonchev–Trinajstić information content (AvgIpc) is 2.16. The van der Waals surface area contributed by atoms with Gasteiger partial charge < -0.3 is 5.73 Å². The molecular formula is C10H13NOS. The van der Waals surface area contributed by atoms with Crippen LogP contribution in [0.5, 0.6) is 0 Å². The lowest BCUT2D eigenvalue weighted by molar-refractivity contribution is 0.100. The molecule has 2 N–H and O–H groups in total. The number of nitrogens with two attached hydrogens (primary N) is 1. The van der Waals surface area contributed by atoms with Gasteiger partial charge in [0.2, 0.25) is 0 Å². The zero-order valence-electron chi connectivity index (χ0n) is 7.83. The first-order chi connectivity index (χ1) is 6.19. The van der Waals surface area contributed by atoms with Gasteiger partial charge in [0.1, 0.15) is 0 Å². The maximum absolute atomic E-state index is 11.2. The normalized spacial score (nSPS) is 10.1. The van der Waals surface area contributed by atoms with Crippen molar-refractivity contribution in [3.05, 3.63) is 29.3 Å². The van der Waals surface area contributed by atoms with Crippen LogP contribution in [0.25, 0.3) is 0 Å². The van der Waals surface area contributed by atoms with E-state index < -0.39 is 0 Å². The third kappa shape index (κ3) is 2.32. The summed E-state index contributed by atoms with van der Waals surface area (Å²) < 4.78 is 0. The van der Waals surface area contributed by atoms with Crippen molar-refractivity contribution in [2.75, 3.05) is 12.8 Å². The van der Waals surface area contributed by atoms with Crippen LogP contribution in [0.2, 0.25) is 0 Å². The Morgan fingerprint density at radius 1 is 1.54 bits per heavy atom. The summed E-state index contributed by atoms with van der Waals surface area (Å²) in [5.74, 6) is -0.00393. The van der Waals surface area contributed by atoms with Crippen LogP contribution >= 0.6 is 11.8 Å². The van der Waals surface area contributed by atoms with Crippen LogP contribution < -0.4 is 5.73 Å². The molecule has 0 spiro atoms. The summed E-state index contributed by atoms with van der Waals surface area (Å²) in [6, 6.07) is 5.68. The van der Waals surface area contributed by atoms with Gasteiger partial charge in [-0.1, -0.05) is 6.07 Å². The van der Waals surface area contributed by atoms with Gasteiger partial charge in [-0.05, 0) is 30.9 Å². The second-order valence-electron chi connectivity index (χ2n) is 2.81. The minimum Gasteiger partial charge on any atom is -0.324 e. The fraction of sp³-hybridized carbons (Fsp3) is 0.300. The summed E-state index contributed by atoms with van der Waals surface area (Å²) in [7, 11) is 0. The summed E-state index contributed by atoms with van der Waals surface area (Å²) in [4.78, 5) is 12.4. The zero-order valence-corrected chi connectivity index (χ0v) is 8.65. The van der Waals surface area contributed by atoms with E-state index in [4.69, 9.17) is 5.73 Å². The highest BCUT2D eigenvalue weighted by atomic mass is 32.2. The number of hydrogen-bond donors (Lipinski definition) is 1. The fourth-order valence-corrected chi connectivity index (χ4v) is 1.75. The Balaban J connectivity index is 3.02. The summed E-state index contributed by atoms with van der Waals surface area (Å²) in [5, 5.41) is 0. The average molecular weight is 195 g/mol. The molecular weight excluding hydrogens is 182 g/mol. The maximum atomic E-state index is 11.2. The van der Waals surface area contributed by atoms with Crippen LogP contribution in [0, 0.1) is 6.92 Å². The molecule has 0 saturated carbocycles. The van der Waals surface area contributed by atoms with E-state index >= 15 is 0 Å². The minimum absolute atomic E-state index is 0.00393. The van der Waals surface area contributed by atoms with Gasteiger partial charge in [0, 0.05) is 10.5 Å². The van der Waals surface area contributed by atoms with Gasteiger partial charge in [0.15, 0.2) is 5.78 Å². The van der Waals surface area contributed by atoms with Gasteiger partial charge in [0.25, 0.3) is 0 Å². The molecule has 0 aliphatic carbocycles. The molecule has 0 unspecified atom stereocenters. The highest BCUT2D eigenvalue weighted by Gasteiger charge is 2.04. The standard InChI is InChI=1S/C10H13NOS/c1-7-5-8(9(12)6-11)3-4-10(7)13-2/h3-5H,6,11H2,1-2H3. The van der Waals surface area contributed by atoms with Crippen molar-refractivity contribution < 1.29 is 4.79 Å². The van der Waals surface area contributed by atoms with Gasteiger partial charge in [-0.15, -0.1) is 11.8 Å². The lowest BCUT2D eigenvalue weighted by Crippen LogP contribution is -2.13. The lowest BCUT2D eigenvalue weighted by atomic mass is 10.1. The highest BCUT2D eigenvalue weighted by molar-refractivity contribution is 7.98. The first kappa shape index (κ1) is 10.3. The van der Waals surface area contributed by atoms with Crippen LogP contribution in [0.3, 0.4) is 0 Å². The number of thioether (sulfide) groups is 1. The Kier molecular flexibility index (Phi) is 3.51. The molecule has 0 fully saturated rings. The number of Topliss-reactive ketones (excluding diaryl/α,β-unsaturated/α-hetero) is 1. The largest absolute Gasteiger partial charge is 0.324 e. The number of carbonyl (C=O) groups excluding carboxylic acids is 1. The Morgan fingerprint density at radius 2 is 2.23 bits per heavy atom. The number of aryl methyl sites for hydroxylation is 1. The Labute approximate surface area is 82.5 Å². The van der Waals surface area contributed by atoms with E-state index in [0.717, 1.165) is 5.56 Å². The second kappa shape index (κ2) is 4.44. The van der Waals surface area contributed by atoms with E-state index in [1.54, 1.807) is 11.8 Å². The molecule has 0 saturated heterocycles. The van der Waals surface area contributed by atoms with Gasteiger partial charge in [-0.2, -0.15) is 0 Å². The monoisotopic (exact) mass is 195 g/mol. The molecule has 0 aliphatic heterocycles. The highest BCUT2D eigenvalue weighted by Crippen LogP contribution is 2.20. The first-order valence-corrected chi connectivity index (χ1v) is 5.29. The van der Waals surface area contributed by atoms with Crippen molar-refractivity contribution in [2.45, 2.75) is 11.8 Å². The molecule has 0 atom stereocenters. The van der Waals surface area contributed by atoms with E-state index in [1.807, 2.05) is 31.4 Å². The number of rotatable bonds is 3. The van der Waals surface area contributed by atoms with Crippen molar-refractivity contribution in [3.63, 3.8) is 0 Å². The molecule has 0 amide bonds. The molecule has 3 heteroatoms. The maximum Gasteiger partial charge on any atom is 0.176 e. The minimum atomic E-state index is -0.00393. The van der Waals surface area contributed by atoms with E-state index in [9.17, 15) is 4.79 Å². The third-order valence-corrected chi connectivity index (χ3v) is 2.80. The number of benzene rings is 1. The quantitative estimate of drug-likeness (QED) is 0.591. The smallest absolute Gasteiger partial charge is 0.176 e. The SMILES string of the molecule is CSc1ccc(C(=O)CN)cc1C. The molecule has 0 bridgehead atoms. The number of carbonyl (C=O) groups is 1. The predicted octanol–water partition coefficient (Wildman–Crippen LogP) is 1.86. The lowest BCUT2D eigenvalue weighted by Gasteiger charge is -2.04. The third-order valence-electron chi connectivity index (χ3n) is 1.90. The molecule has 0 aromatic heterocycles. The second-order valence-corrected chi connectivity index (χ2v) is 3.66. The van der Waals surface area contributed by atoms with E-state index in [0.29, 0.717) is 5.56 Å². The van der Waals surface area contributed by atoms with Crippen LogP contribution in [0.1, 0.15) is 15.9 Å². The van der Waals surface area contributed by atoms with Crippen molar-refractivity contribution in [1.29, 1.82) is 0 Å². The topological polar surface area (TPSA) is 43.1 Å². The van der Waals surface area contributed by atoms with Crippen LogP contribution in [-0.2, 0) is 0 Å². The first-order valence-electron chi connectivity index (χ1n) is 4.07. The Hall–Kier alpha value is -0.800. The van der Waals surface area contributed by atoms with Gasteiger partial charge in [0.05, 0.1) is 6.54 Å². The predicted molar refractivity (Wildman–Crippen MR) is 56.3 cm³/mol. The number of hydrogen-bond acceptors (Lipinski definition) is 3. The molecule has 1 aromatic carbocycles. The molecule has 0 heterocycles. The molecule has 0 aliphatic rings. The Bertz CT molecular complexity index is 323. The van der Waals surface area contributed by atoms with Crippen molar-refractivity contribution in [2.24, 2.45) is 5.73 Å². The van der Waals surface area contributed by atoms with Crippen molar-refractivity contribution in [3.8, 4) is 0 Å². The Morgan fingerprint density at radius 3 is 2.69 bits per heavy atom. The molecule has 70 valence electrons. The van der Waals surface area contributed by atoms with Crippen molar-refractivity contribution in [1.82, 2.24) is 0 Å². The van der Waals surface area contributed by atoms with Crippen LogP contribution in [-0.4, -0.2) is 18.6 Å². The molecule has 0 radical (unpaired) electrons. The summed E-state index contributed by atoms with van der Waals surface area (Å²) >= 11 is 1.68. The molecule has 2 nitrogen and oxygen atoms in total. The number of ketones is 1. The van der Waals surface area contributed by atoms with Gasteiger partial charge in [-0.25, -0.2) is 0 Å². The van der Waals surface area contributed by atoms with E-state index in [-0.39, 0.29) is 12.3 Å². The molecule has 13 heavy (non-hydrogen) atoms. The van der Waals surface area contributed by atoms with E-state index in [2.05, 4.69) is 0 Å². The van der Waals surface area contributed by atoms with Gasteiger partial charge in [-0.3, -0.25) is 4.79 Å². The zero-order chi connectivity index (χ0) is 9.84.